The van der Waals surface area contributed by atoms with Crippen LogP contribution in [-0.2, 0) is 24.1 Å². The van der Waals surface area contributed by atoms with Gasteiger partial charge in [-0.15, -0.1) is 0 Å². The zero-order valence-corrected chi connectivity index (χ0v) is 12.5. The van der Waals surface area contributed by atoms with Gasteiger partial charge in [0.2, 0.25) is 10.0 Å². The van der Waals surface area contributed by atoms with Gasteiger partial charge >= 0.3 is 5.69 Å². The van der Waals surface area contributed by atoms with E-state index in [0.29, 0.717) is 6.42 Å². The fourth-order valence-corrected chi connectivity index (χ4v) is 2.81. The van der Waals surface area contributed by atoms with Crippen molar-refractivity contribution in [1.29, 1.82) is 0 Å². The lowest BCUT2D eigenvalue weighted by molar-refractivity contribution is 0.162. The molecule has 114 valence electrons. The Morgan fingerprint density at radius 3 is 2.50 bits per heavy atom. The van der Waals surface area contributed by atoms with Crippen LogP contribution in [0.5, 0.6) is 0 Å². The monoisotopic (exact) mass is 305 g/mol. The van der Waals surface area contributed by atoms with Crippen LogP contribution in [0.3, 0.4) is 0 Å². The summed E-state index contributed by atoms with van der Waals surface area (Å²) >= 11 is 0. The van der Waals surface area contributed by atoms with E-state index < -0.39 is 32.3 Å². The average Bonchev–Trinajstić information content (AvgIpc) is 2.39. The van der Waals surface area contributed by atoms with Gasteiger partial charge in [-0.1, -0.05) is 6.92 Å². The SMILES string of the molecule is CCC(O)CCNS(=O)(=O)c1cn(C)c(=O)n(C)c1=O. The maximum atomic E-state index is 12.0. The molecule has 0 aliphatic carbocycles. The van der Waals surface area contributed by atoms with Crippen LogP contribution in [0.25, 0.3) is 0 Å². The third kappa shape index (κ3) is 3.56. The van der Waals surface area contributed by atoms with Crippen molar-refractivity contribution in [2.24, 2.45) is 14.1 Å². The predicted octanol–water partition coefficient (Wildman–Crippen LogP) is -1.48. The molecule has 8 nitrogen and oxygen atoms in total. The molecule has 0 radical (unpaired) electrons. The molecule has 0 aliphatic heterocycles. The van der Waals surface area contributed by atoms with Gasteiger partial charge in [0.1, 0.15) is 0 Å². The topological polar surface area (TPSA) is 110 Å². The summed E-state index contributed by atoms with van der Waals surface area (Å²) in [7, 11) is -1.44. The fraction of sp³-hybridized carbons (Fsp3) is 0.636. The molecule has 1 aromatic heterocycles. The summed E-state index contributed by atoms with van der Waals surface area (Å²) in [5.41, 5.74) is -1.48. The number of sulfonamides is 1. The van der Waals surface area contributed by atoms with Crippen LogP contribution in [-0.4, -0.2) is 35.3 Å². The van der Waals surface area contributed by atoms with E-state index in [1.54, 1.807) is 6.92 Å². The van der Waals surface area contributed by atoms with Crippen molar-refractivity contribution < 1.29 is 13.5 Å². The van der Waals surface area contributed by atoms with E-state index in [-0.39, 0.29) is 13.0 Å². The first-order chi connectivity index (χ1) is 9.20. The first-order valence-electron chi connectivity index (χ1n) is 6.15. The number of hydrogen-bond donors (Lipinski definition) is 2. The van der Waals surface area contributed by atoms with Gasteiger partial charge in [0.15, 0.2) is 4.90 Å². The van der Waals surface area contributed by atoms with E-state index in [4.69, 9.17) is 0 Å². The van der Waals surface area contributed by atoms with Gasteiger partial charge < -0.3 is 9.67 Å². The van der Waals surface area contributed by atoms with Crippen molar-refractivity contribution in [3.8, 4) is 0 Å². The highest BCUT2D eigenvalue weighted by atomic mass is 32.2. The maximum Gasteiger partial charge on any atom is 0.330 e. The Morgan fingerprint density at radius 2 is 1.95 bits per heavy atom. The summed E-state index contributed by atoms with van der Waals surface area (Å²) in [4.78, 5) is 22.8. The van der Waals surface area contributed by atoms with E-state index in [0.717, 1.165) is 15.3 Å². The largest absolute Gasteiger partial charge is 0.393 e. The molecule has 0 amide bonds. The number of aliphatic hydroxyl groups is 1. The van der Waals surface area contributed by atoms with Crippen LogP contribution >= 0.6 is 0 Å². The number of aryl methyl sites for hydroxylation is 1. The van der Waals surface area contributed by atoms with Crippen LogP contribution in [0.2, 0.25) is 0 Å². The van der Waals surface area contributed by atoms with Crippen LogP contribution in [0.4, 0.5) is 0 Å². The van der Waals surface area contributed by atoms with E-state index in [1.165, 1.54) is 14.1 Å². The smallest absolute Gasteiger partial charge is 0.330 e. The Kier molecular flexibility index (Phi) is 5.26. The van der Waals surface area contributed by atoms with Crippen LogP contribution in [0.15, 0.2) is 20.7 Å². The van der Waals surface area contributed by atoms with Gasteiger partial charge in [0, 0.05) is 26.8 Å². The van der Waals surface area contributed by atoms with Gasteiger partial charge in [-0.2, -0.15) is 0 Å². The predicted molar refractivity (Wildman–Crippen MR) is 73.0 cm³/mol. The first kappa shape index (κ1) is 16.6. The number of hydrogen-bond acceptors (Lipinski definition) is 5. The van der Waals surface area contributed by atoms with Gasteiger partial charge in [-0.3, -0.25) is 9.36 Å². The highest BCUT2D eigenvalue weighted by Crippen LogP contribution is 2.01. The minimum Gasteiger partial charge on any atom is -0.393 e. The number of nitrogens with zero attached hydrogens (tertiary/aromatic N) is 2. The normalized spacial score (nSPS) is 13.4. The molecule has 2 N–H and O–H groups in total. The number of aliphatic hydroxyl groups excluding tert-OH is 1. The molecule has 0 aliphatic rings. The Balaban J connectivity index is 3.06. The van der Waals surface area contributed by atoms with Gasteiger partial charge in [0.25, 0.3) is 5.56 Å². The fourth-order valence-electron chi connectivity index (χ4n) is 1.60. The van der Waals surface area contributed by atoms with Crippen molar-refractivity contribution in [3.63, 3.8) is 0 Å². The molecule has 1 unspecified atom stereocenters. The first-order valence-corrected chi connectivity index (χ1v) is 7.63. The Bertz CT molecular complexity index is 689. The summed E-state index contributed by atoms with van der Waals surface area (Å²) in [5.74, 6) is 0. The minimum atomic E-state index is -4.01. The van der Waals surface area contributed by atoms with Crippen molar-refractivity contribution in [3.05, 3.63) is 27.0 Å². The quantitative estimate of drug-likeness (QED) is 0.666. The van der Waals surface area contributed by atoms with E-state index >= 15 is 0 Å². The maximum absolute atomic E-state index is 12.0. The zero-order chi connectivity index (χ0) is 15.5. The highest BCUT2D eigenvalue weighted by Gasteiger charge is 2.21. The van der Waals surface area contributed by atoms with Crippen LogP contribution in [0, 0.1) is 0 Å². The molecular formula is C11H19N3O5S. The Labute approximate surface area is 116 Å². The summed E-state index contributed by atoms with van der Waals surface area (Å²) < 4.78 is 28.0. The molecule has 0 bridgehead atoms. The molecule has 0 aromatic carbocycles. The average molecular weight is 305 g/mol. The lowest BCUT2D eigenvalue weighted by atomic mass is 10.2. The highest BCUT2D eigenvalue weighted by molar-refractivity contribution is 7.89. The zero-order valence-electron chi connectivity index (χ0n) is 11.7. The molecule has 9 heteroatoms. The summed E-state index contributed by atoms with van der Waals surface area (Å²) in [6.45, 7) is 1.80. The number of nitrogens with one attached hydrogen (secondary N) is 1. The molecule has 1 heterocycles. The molecule has 1 aromatic rings. The van der Waals surface area contributed by atoms with Crippen LogP contribution in [0.1, 0.15) is 19.8 Å². The third-order valence-corrected chi connectivity index (χ3v) is 4.39. The summed E-state index contributed by atoms with van der Waals surface area (Å²) in [5, 5.41) is 9.36. The second-order valence-electron chi connectivity index (χ2n) is 4.50. The summed E-state index contributed by atoms with van der Waals surface area (Å²) in [6.07, 6.45) is 1.16. The Hall–Kier alpha value is -1.45. The number of rotatable bonds is 6. The molecule has 0 fully saturated rings. The second-order valence-corrected chi connectivity index (χ2v) is 6.23. The van der Waals surface area contributed by atoms with E-state index in [9.17, 15) is 23.1 Å². The van der Waals surface area contributed by atoms with Crippen molar-refractivity contribution >= 4 is 10.0 Å². The third-order valence-electron chi connectivity index (χ3n) is 2.95. The van der Waals surface area contributed by atoms with E-state index in [2.05, 4.69) is 4.72 Å². The molecule has 1 rings (SSSR count). The van der Waals surface area contributed by atoms with Crippen molar-refractivity contribution in [2.75, 3.05) is 6.54 Å². The number of aromatic nitrogens is 2. The van der Waals surface area contributed by atoms with Gasteiger partial charge in [0.05, 0.1) is 6.10 Å². The molecule has 0 saturated carbocycles. The van der Waals surface area contributed by atoms with Crippen molar-refractivity contribution in [1.82, 2.24) is 13.9 Å². The Morgan fingerprint density at radius 1 is 1.35 bits per heavy atom. The molecule has 20 heavy (non-hydrogen) atoms. The van der Waals surface area contributed by atoms with E-state index in [1.807, 2.05) is 0 Å². The molecule has 1 atom stereocenters. The lowest BCUT2D eigenvalue weighted by Crippen LogP contribution is -2.41. The second kappa shape index (κ2) is 6.33. The molecular weight excluding hydrogens is 286 g/mol. The standard InChI is InChI=1S/C11H19N3O5S/c1-4-8(15)5-6-12-20(18,19)9-7-13(2)11(17)14(3)10(9)16/h7-8,12,15H,4-6H2,1-3H3. The van der Waals surface area contributed by atoms with Gasteiger partial charge in [-0.25, -0.2) is 17.9 Å². The van der Waals surface area contributed by atoms with Crippen LogP contribution < -0.4 is 16.0 Å². The molecule has 0 saturated heterocycles. The van der Waals surface area contributed by atoms with Crippen molar-refractivity contribution in [2.45, 2.75) is 30.8 Å². The lowest BCUT2D eigenvalue weighted by Gasteiger charge is -2.10. The molecule has 0 spiro atoms. The minimum absolute atomic E-state index is 0.0172. The summed E-state index contributed by atoms with van der Waals surface area (Å²) in [6, 6.07) is 0. The van der Waals surface area contributed by atoms with Gasteiger partial charge in [-0.05, 0) is 12.8 Å².